The van der Waals surface area contributed by atoms with Crippen LogP contribution >= 0.6 is 11.8 Å². The van der Waals surface area contributed by atoms with Crippen LogP contribution in [0.1, 0.15) is 27.3 Å². The Morgan fingerprint density at radius 3 is 2.92 bits per heavy atom. The van der Waals surface area contributed by atoms with Crippen molar-refractivity contribution in [1.29, 1.82) is 0 Å². The van der Waals surface area contributed by atoms with Crippen LogP contribution in [0.2, 0.25) is 0 Å². The van der Waals surface area contributed by atoms with Crippen LogP contribution in [0.5, 0.6) is 5.75 Å². The average Bonchev–Trinajstić information content (AvgIpc) is 3.29. The quantitative estimate of drug-likeness (QED) is 0.755. The molecule has 1 fully saturated rings. The lowest BCUT2D eigenvalue weighted by Crippen LogP contribution is -2.33. The number of carbonyl (C=O) groups is 2. The number of hydrogen-bond donors (Lipinski definition) is 2. The lowest BCUT2D eigenvalue weighted by molar-refractivity contribution is -0.138. The summed E-state index contributed by atoms with van der Waals surface area (Å²) >= 11 is 1.55. The van der Waals surface area contributed by atoms with E-state index >= 15 is 0 Å². The van der Waals surface area contributed by atoms with Crippen LogP contribution < -0.4 is 10.1 Å². The number of ether oxygens (including phenoxy) is 2. The number of aliphatic carboxylic acids is 1. The second kappa shape index (κ2) is 7.62. The fourth-order valence-electron chi connectivity index (χ4n) is 2.39. The topological polar surface area (TPSA) is 98.0 Å². The van der Waals surface area contributed by atoms with E-state index in [2.05, 4.69) is 10.1 Å². The van der Waals surface area contributed by atoms with E-state index in [0.29, 0.717) is 17.3 Å². The first-order valence-corrected chi connectivity index (χ1v) is 8.62. The summed E-state index contributed by atoms with van der Waals surface area (Å²) < 4.78 is 15.6. The van der Waals surface area contributed by atoms with Crippen molar-refractivity contribution in [3.8, 4) is 5.75 Å². The van der Waals surface area contributed by atoms with E-state index < -0.39 is 18.0 Å². The van der Waals surface area contributed by atoms with Crippen LogP contribution in [0.25, 0.3) is 0 Å². The van der Waals surface area contributed by atoms with Gasteiger partial charge >= 0.3 is 11.9 Å². The summed E-state index contributed by atoms with van der Waals surface area (Å²) in [6.07, 6.45) is 0. The first-order valence-electron chi connectivity index (χ1n) is 7.57. The minimum atomic E-state index is -0.846. The van der Waals surface area contributed by atoms with Gasteiger partial charge in [-0.1, -0.05) is 12.1 Å². The predicted octanol–water partition coefficient (Wildman–Crippen LogP) is 2.43. The SMILES string of the molecule is COC(=O)c1ccc(COc2cccc([C@@H]3N[C@H](C(=O)O)CS3)c2)o1. The summed E-state index contributed by atoms with van der Waals surface area (Å²) in [5.74, 6) is 0.404. The van der Waals surface area contributed by atoms with Gasteiger partial charge in [0.15, 0.2) is 0 Å². The maximum Gasteiger partial charge on any atom is 0.373 e. The highest BCUT2D eigenvalue weighted by Crippen LogP contribution is 2.34. The van der Waals surface area contributed by atoms with Gasteiger partial charge in [0.1, 0.15) is 24.2 Å². The van der Waals surface area contributed by atoms with Gasteiger partial charge in [0.2, 0.25) is 5.76 Å². The number of carboxylic acid groups (broad SMARTS) is 1. The number of nitrogens with one attached hydrogen (secondary N) is 1. The lowest BCUT2D eigenvalue weighted by Gasteiger charge is -2.13. The van der Waals surface area contributed by atoms with Gasteiger partial charge < -0.3 is 19.0 Å². The van der Waals surface area contributed by atoms with Gasteiger partial charge in [0.25, 0.3) is 0 Å². The number of carbonyl (C=O) groups excluding carboxylic acids is 1. The van der Waals surface area contributed by atoms with Gasteiger partial charge in [-0.05, 0) is 29.8 Å². The molecule has 0 bridgehead atoms. The number of rotatable bonds is 6. The Morgan fingerprint density at radius 2 is 2.20 bits per heavy atom. The summed E-state index contributed by atoms with van der Waals surface area (Å²) in [7, 11) is 1.29. The van der Waals surface area contributed by atoms with Crippen molar-refractivity contribution in [2.24, 2.45) is 0 Å². The first-order chi connectivity index (χ1) is 12.1. The highest BCUT2D eigenvalue weighted by atomic mass is 32.2. The molecule has 0 amide bonds. The molecule has 2 heterocycles. The Balaban J connectivity index is 1.61. The molecule has 2 N–H and O–H groups in total. The lowest BCUT2D eigenvalue weighted by atomic mass is 10.2. The Bertz CT molecular complexity index is 774. The molecule has 132 valence electrons. The molecule has 1 aromatic carbocycles. The molecule has 1 aliphatic rings. The molecule has 1 aliphatic heterocycles. The van der Waals surface area contributed by atoms with Crippen LogP contribution in [-0.2, 0) is 16.1 Å². The smallest absolute Gasteiger partial charge is 0.373 e. The molecular weight excluding hydrogens is 346 g/mol. The van der Waals surface area contributed by atoms with Gasteiger partial charge in [0, 0.05) is 5.75 Å². The molecule has 0 radical (unpaired) electrons. The van der Waals surface area contributed by atoms with E-state index in [9.17, 15) is 9.59 Å². The molecule has 0 spiro atoms. The number of thioether (sulfide) groups is 1. The van der Waals surface area contributed by atoms with E-state index in [1.165, 1.54) is 13.2 Å². The molecular formula is C17H17NO6S. The van der Waals surface area contributed by atoms with Crippen LogP contribution in [-0.4, -0.2) is 35.9 Å². The molecule has 1 aromatic heterocycles. The van der Waals surface area contributed by atoms with Crippen molar-refractivity contribution in [3.63, 3.8) is 0 Å². The highest BCUT2D eigenvalue weighted by molar-refractivity contribution is 7.99. The number of furan rings is 1. The van der Waals surface area contributed by atoms with Gasteiger partial charge in [0.05, 0.1) is 12.5 Å². The second-order valence-electron chi connectivity index (χ2n) is 5.39. The Hall–Kier alpha value is -2.45. The van der Waals surface area contributed by atoms with E-state index in [-0.39, 0.29) is 17.7 Å². The molecule has 0 aliphatic carbocycles. The number of benzene rings is 1. The Labute approximate surface area is 148 Å². The van der Waals surface area contributed by atoms with Crippen molar-refractivity contribution in [2.75, 3.05) is 12.9 Å². The van der Waals surface area contributed by atoms with Crippen molar-refractivity contribution in [1.82, 2.24) is 5.32 Å². The average molecular weight is 363 g/mol. The van der Waals surface area contributed by atoms with Crippen molar-refractivity contribution >= 4 is 23.7 Å². The maximum absolute atomic E-state index is 11.4. The van der Waals surface area contributed by atoms with Gasteiger partial charge in [-0.2, -0.15) is 0 Å². The fourth-order valence-corrected chi connectivity index (χ4v) is 3.62. The fraction of sp³-hybridized carbons (Fsp3) is 0.294. The van der Waals surface area contributed by atoms with E-state index in [4.69, 9.17) is 14.3 Å². The standard InChI is InChI=1S/C17H17NO6S/c1-22-17(21)14-6-5-12(24-14)8-23-11-4-2-3-10(7-11)15-18-13(9-25-15)16(19)20/h2-7,13,15,18H,8-9H2,1H3,(H,19,20)/t13-,15+/m0/s1. The largest absolute Gasteiger partial charge is 0.486 e. The third kappa shape index (κ3) is 4.15. The predicted molar refractivity (Wildman–Crippen MR) is 90.6 cm³/mol. The molecule has 3 rings (SSSR count). The zero-order valence-corrected chi connectivity index (χ0v) is 14.2. The first kappa shape index (κ1) is 17.4. The molecule has 25 heavy (non-hydrogen) atoms. The summed E-state index contributed by atoms with van der Waals surface area (Å²) in [5, 5.41) is 12.0. The van der Waals surface area contributed by atoms with Crippen LogP contribution in [0.3, 0.4) is 0 Å². The van der Waals surface area contributed by atoms with Crippen LogP contribution in [0, 0.1) is 0 Å². The minimum Gasteiger partial charge on any atom is -0.486 e. The van der Waals surface area contributed by atoms with Gasteiger partial charge in [-0.25, -0.2) is 4.79 Å². The monoisotopic (exact) mass is 363 g/mol. The van der Waals surface area contributed by atoms with Crippen LogP contribution in [0.4, 0.5) is 0 Å². The highest BCUT2D eigenvalue weighted by Gasteiger charge is 2.30. The third-order valence-corrected chi connectivity index (χ3v) is 4.94. The summed E-state index contributed by atoms with van der Waals surface area (Å²) in [6.45, 7) is 0.170. The third-order valence-electron chi connectivity index (χ3n) is 3.67. The maximum atomic E-state index is 11.4. The summed E-state index contributed by atoms with van der Waals surface area (Å²) in [6, 6.07) is 10.1. The second-order valence-corrected chi connectivity index (χ2v) is 6.53. The van der Waals surface area contributed by atoms with E-state index in [0.717, 1.165) is 5.56 Å². The zero-order valence-electron chi connectivity index (χ0n) is 13.4. The number of carboxylic acids is 1. The molecule has 7 nitrogen and oxygen atoms in total. The number of methoxy groups -OCH3 is 1. The summed E-state index contributed by atoms with van der Waals surface area (Å²) in [4.78, 5) is 22.4. The molecule has 8 heteroatoms. The molecule has 0 unspecified atom stereocenters. The molecule has 0 saturated carbocycles. The summed E-state index contributed by atoms with van der Waals surface area (Å²) in [5.41, 5.74) is 0.945. The molecule has 2 atom stereocenters. The van der Waals surface area contributed by atoms with Gasteiger partial charge in [-0.3, -0.25) is 10.1 Å². The van der Waals surface area contributed by atoms with Crippen molar-refractivity contribution in [2.45, 2.75) is 18.0 Å². The molecule has 1 saturated heterocycles. The van der Waals surface area contributed by atoms with E-state index in [1.807, 2.05) is 24.3 Å². The van der Waals surface area contributed by atoms with Crippen LogP contribution in [0.15, 0.2) is 40.8 Å². The molecule has 2 aromatic rings. The zero-order chi connectivity index (χ0) is 17.8. The Morgan fingerprint density at radius 1 is 1.36 bits per heavy atom. The minimum absolute atomic E-state index is 0.0841. The van der Waals surface area contributed by atoms with Gasteiger partial charge in [-0.15, -0.1) is 11.8 Å². The number of esters is 1. The Kier molecular flexibility index (Phi) is 5.30. The van der Waals surface area contributed by atoms with Crippen molar-refractivity contribution in [3.05, 3.63) is 53.5 Å². The van der Waals surface area contributed by atoms with Crippen molar-refractivity contribution < 1.29 is 28.6 Å². The number of hydrogen-bond acceptors (Lipinski definition) is 7. The normalized spacial score (nSPS) is 19.6. The van der Waals surface area contributed by atoms with E-state index in [1.54, 1.807) is 17.8 Å².